The summed E-state index contributed by atoms with van der Waals surface area (Å²) in [7, 11) is 0. The van der Waals surface area contributed by atoms with E-state index in [1.165, 1.54) is 4.90 Å². The van der Waals surface area contributed by atoms with Crippen LogP contribution in [0.2, 0.25) is 5.15 Å². The number of anilines is 1. The lowest BCUT2D eigenvalue weighted by Gasteiger charge is -2.13. The molecule has 2 rings (SSSR count). The van der Waals surface area contributed by atoms with E-state index in [1.54, 1.807) is 18.3 Å². The fourth-order valence-electron chi connectivity index (χ4n) is 1.54. The van der Waals surface area contributed by atoms with Gasteiger partial charge in [0, 0.05) is 25.1 Å². The fraction of sp³-hybridized carbons (Fsp3) is 0.300. The van der Waals surface area contributed by atoms with Crippen LogP contribution in [-0.2, 0) is 4.79 Å². The van der Waals surface area contributed by atoms with Crippen molar-refractivity contribution in [3.63, 3.8) is 0 Å². The molecule has 2 heterocycles. The summed E-state index contributed by atoms with van der Waals surface area (Å²) in [6.45, 7) is 4.26. The summed E-state index contributed by atoms with van der Waals surface area (Å²) in [6.07, 6.45) is 3.79. The van der Waals surface area contributed by atoms with Crippen LogP contribution in [0.4, 0.5) is 5.95 Å². The highest BCUT2D eigenvalue weighted by molar-refractivity contribution is 6.29. The van der Waals surface area contributed by atoms with Crippen molar-refractivity contribution in [3.05, 3.63) is 30.1 Å². The first-order valence-electron chi connectivity index (χ1n) is 4.62. The Labute approximate surface area is 92.6 Å². The van der Waals surface area contributed by atoms with Crippen LogP contribution in [-0.4, -0.2) is 22.4 Å². The lowest BCUT2D eigenvalue weighted by molar-refractivity contribution is -0.117. The van der Waals surface area contributed by atoms with Crippen molar-refractivity contribution in [1.82, 2.24) is 9.97 Å². The van der Waals surface area contributed by atoms with Gasteiger partial charge in [-0.1, -0.05) is 17.7 Å². The molecule has 15 heavy (non-hydrogen) atoms. The van der Waals surface area contributed by atoms with Crippen molar-refractivity contribution in [2.75, 3.05) is 11.4 Å². The smallest absolute Gasteiger partial charge is 0.233 e. The minimum Gasteiger partial charge on any atom is -0.280 e. The minimum atomic E-state index is 0.0159. The molecule has 1 aromatic heterocycles. The molecule has 0 radical (unpaired) electrons. The number of carbonyl (C=O) groups is 1. The van der Waals surface area contributed by atoms with Crippen LogP contribution in [0.15, 0.2) is 24.9 Å². The van der Waals surface area contributed by atoms with Crippen LogP contribution < -0.4 is 4.90 Å². The van der Waals surface area contributed by atoms with Crippen molar-refractivity contribution >= 4 is 23.5 Å². The first-order valence-corrected chi connectivity index (χ1v) is 5.00. The van der Waals surface area contributed by atoms with E-state index in [9.17, 15) is 4.79 Å². The maximum Gasteiger partial charge on any atom is 0.233 e. The van der Waals surface area contributed by atoms with Gasteiger partial charge in [0.2, 0.25) is 11.9 Å². The van der Waals surface area contributed by atoms with Crippen molar-refractivity contribution in [2.24, 2.45) is 5.92 Å². The van der Waals surface area contributed by atoms with E-state index in [-0.39, 0.29) is 11.8 Å². The molecule has 0 saturated carbocycles. The summed E-state index contributed by atoms with van der Waals surface area (Å²) >= 11 is 5.73. The van der Waals surface area contributed by atoms with Gasteiger partial charge in [0.1, 0.15) is 5.15 Å². The molecule has 1 saturated heterocycles. The number of hydrogen-bond acceptors (Lipinski definition) is 3. The monoisotopic (exact) mass is 223 g/mol. The second-order valence-corrected chi connectivity index (χ2v) is 3.77. The van der Waals surface area contributed by atoms with Gasteiger partial charge in [-0.2, -0.15) is 0 Å². The Morgan fingerprint density at radius 1 is 1.67 bits per heavy atom. The summed E-state index contributed by atoms with van der Waals surface area (Å²) in [4.78, 5) is 21.2. The molecule has 1 aliphatic rings. The maximum atomic E-state index is 11.6. The van der Waals surface area contributed by atoms with Gasteiger partial charge in [-0.3, -0.25) is 9.69 Å². The molecule has 4 nitrogen and oxygen atoms in total. The zero-order valence-corrected chi connectivity index (χ0v) is 8.81. The van der Waals surface area contributed by atoms with Gasteiger partial charge in [0.25, 0.3) is 0 Å². The largest absolute Gasteiger partial charge is 0.280 e. The van der Waals surface area contributed by atoms with Crippen LogP contribution in [0, 0.1) is 5.92 Å². The third-order valence-electron chi connectivity index (χ3n) is 2.34. The molecule has 1 fully saturated rings. The van der Waals surface area contributed by atoms with Gasteiger partial charge in [0.05, 0.1) is 0 Å². The SMILES string of the molecule is C=CC1CC(=O)N(c2nccc(Cl)n2)C1. The Hall–Kier alpha value is -1.42. The molecule has 1 amide bonds. The summed E-state index contributed by atoms with van der Waals surface area (Å²) < 4.78 is 0. The number of nitrogens with zero attached hydrogens (tertiary/aromatic N) is 3. The zero-order valence-electron chi connectivity index (χ0n) is 8.06. The first-order chi connectivity index (χ1) is 7.20. The van der Waals surface area contributed by atoms with E-state index in [0.29, 0.717) is 24.1 Å². The zero-order chi connectivity index (χ0) is 10.8. The summed E-state index contributed by atoms with van der Waals surface area (Å²) in [5, 5.41) is 0.342. The number of aromatic nitrogens is 2. The van der Waals surface area contributed by atoms with Gasteiger partial charge in [-0.05, 0) is 6.07 Å². The molecule has 1 aliphatic heterocycles. The van der Waals surface area contributed by atoms with Crippen molar-refractivity contribution in [2.45, 2.75) is 6.42 Å². The molecule has 5 heteroatoms. The second kappa shape index (κ2) is 3.98. The Balaban J connectivity index is 2.25. The van der Waals surface area contributed by atoms with Crippen LogP contribution in [0.5, 0.6) is 0 Å². The minimum absolute atomic E-state index is 0.0159. The normalized spacial score (nSPS) is 20.7. The van der Waals surface area contributed by atoms with Crippen LogP contribution in [0.25, 0.3) is 0 Å². The highest BCUT2D eigenvalue weighted by Gasteiger charge is 2.30. The predicted molar refractivity (Wildman–Crippen MR) is 57.7 cm³/mol. The Morgan fingerprint density at radius 3 is 3.07 bits per heavy atom. The van der Waals surface area contributed by atoms with Crippen LogP contribution in [0.3, 0.4) is 0 Å². The molecule has 78 valence electrons. The van der Waals surface area contributed by atoms with Crippen molar-refractivity contribution < 1.29 is 4.79 Å². The topological polar surface area (TPSA) is 46.1 Å². The van der Waals surface area contributed by atoms with Gasteiger partial charge in [-0.25, -0.2) is 9.97 Å². The third kappa shape index (κ3) is 1.99. The highest BCUT2D eigenvalue weighted by atomic mass is 35.5. The summed E-state index contributed by atoms with van der Waals surface area (Å²) in [5.41, 5.74) is 0. The molecular formula is C10H10ClN3O. The molecule has 0 aromatic carbocycles. The Kier molecular flexibility index (Phi) is 2.68. The van der Waals surface area contributed by atoms with Crippen LogP contribution >= 0.6 is 11.6 Å². The van der Waals surface area contributed by atoms with E-state index in [0.717, 1.165) is 0 Å². The molecule has 0 aliphatic carbocycles. The Bertz CT molecular complexity index is 407. The first kappa shape index (κ1) is 10.1. The van der Waals surface area contributed by atoms with E-state index in [2.05, 4.69) is 16.5 Å². The summed E-state index contributed by atoms with van der Waals surface area (Å²) in [5.74, 6) is 0.569. The maximum absolute atomic E-state index is 11.6. The molecule has 1 aromatic rings. The standard InChI is InChI=1S/C10H10ClN3O/c1-2-7-5-9(15)14(6-7)10-12-4-3-8(11)13-10/h2-4,7H,1,5-6H2. The van der Waals surface area contributed by atoms with Crippen LogP contribution in [0.1, 0.15) is 6.42 Å². The molecule has 1 atom stereocenters. The van der Waals surface area contributed by atoms with E-state index in [4.69, 9.17) is 11.6 Å². The highest BCUT2D eigenvalue weighted by Crippen LogP contribution is 2.23. The molecule has 0 N–H and O–H groups in total. The predicted octanol–water partition coefficient (Wildman–Crippen LogP) is 1.67. The third-order valence-corrected chi connectivity index (χ3v) is 2.55. The van der Waals surface area contributed by atoms with Gasteiger partial charge < -0.3 is 0 Å². The quantitative estimate of drug-likeness (QED) is 0.566. The number of hydrogen-bond donors (Lipinski definition) is 0. The Morgan fingerprint density at radius 2 is 2.47 bits per heavy atom. The van der Waals surface area contributed by atoms with E-state index >= 15 is 0 Å². The average molecular weight is 224 g/mol. The van der Waals surface area contributed by atoms with E-state index < -0.39 is 0 Å². The van der Waals surface area contributed by atoms with Crippen molar-refractivity contribution in [3.8, 4) is 0 Å². The summed E-state index contributed by atoms with van der Waals surface area (Å²) in [6, 6.07) is 1.58. The lowest BCUT2D eigenvalue weighted by Crippen LogP contribution is -2.26. The molecule has 0 bridgehead atoms. The molecular weight excluding hydrogens is 214 g/mol. The van der Waals surface area contributed by atoms with E-state index in [1.807, 2.05) is 0 Å². The van der Waals surface area contributed by atoms with Gasteiger partial charge in [0.15, 0.2) is 0 Å². The average Bonchev–Trinajstić information content (AvgIpc) is 2.60. The van der Waals surface area contributed by atoms with Gasteiger partial charge in [-0.15, -0.1) is 6.58 Å². The van der Waals surface area contributed by atoms with Gasteiger partial charge >= 0.3 is 0 Å². The molecule has 0 spiro atoms. The molecule has 1 unspecified atom stereocenters. The number of rotatable bonds is 2. The fourth-order valence-corrected chi connectivity index (χ4v) is 1.68. The number of carbonyl (C=O) groups excluding carboxylic acids is 1. The lowest BCUT2D eigenvalue weighted by atomic mass is 10.1. The number of halogens is 1. The van der Waals surface area contributed by atoms with Crippen molar-refractivity contribution in [1.29, 1.82) is 0 Å². The number of amides is 1. The second-order valence-electron chi connectivity index (χ2n) is 3.38.